The van der Waals surface area contributed by atoms with Gasteiger partial charge in [0.1, 0.15) is 0 Å². The van der Waals surface area contributed by atoms with E-state index in [1.807, 2.05) is 11.4 Å². The number of rotatable bonds is 3. The molecule has 88 valence electrons. The van der Waals surface area contributed by atoms with Crippen LogP contribution in [-0.2, 0) is 19.4 Å². The lowest BCUT2D eigenvalue weighted by Gasteiger charge is -2.08. The van der Waals surface area contributed by atoms with E-state index in [2.05, 4.69) is 23.5 Å². The van der Waals surface area contributed by atoms with Gasteiger partial charge >= 0.3 is 0 Å². The Morgan fingerprint density at radius 2 is 2.06 bits per heavy atom. The summed E-state index contributed by atoms with van der Waals surface area (Å²) in [4.78, 5) is 1.21. The zero-order chi connectivity index (χ0) is 11.7. The van der Waals surface area contributed by atoms with Crippen molar-refractivity contribution < 1.29 is 0 Å². The molecule has 17 heavy (non-hydrogen) atoms. The molecule has 3 N–H and O–H groups in total. The highest BCUT2D eigenvalue weighted by Crippen LogP contribution is 2.26. The average Bonchev–Trinajstić information content (AvgIpc) is 2.94. The molecule has 0 aliphatic heterocycles. The molecule has 0 amide bonds. The van der Waals surface area contributed by atoms with Crippen molar-refractivity contribution in [3.05, 3.63) is 45.6 Å². The van der Waals surface area contributed by atoms with Gasteiger partial charge in [0.05, 0.1) is 6.54 Å². The van der Waals surface area contributed by atoms with Gasteiger partial charge in [-0.2, -0.15) is 0 Å². The fraction of sp³-hybridized carbons (Fsp3) is 0.286. The number of aryl methyl sites for hydroxylation is 2. The number of anilines is 2. The Morgan fingerprint density at radius 3 is 2.88 bits per heavy atom. The van der Waals surface area contributed by atoms with Crippen LogP contribution in [0.5, 0.6) is 0 Å². The molecule has 0 saturated carbocycles. The second kappa shape index (κ2) is 4.41. The van der Waals surface area contributed by atoms with Gasteiger partial charge in [-0.05, 0) is 54.0 Å². The summed E-state index contributed by atoms with van der Waals surface area (Å²) in [5, 5.41) is 5.48. The van der Waals surface area contributed by atoms with Crippen molar-refractivity contribution in [2.75, 3.05) is 11.1 Å². The van der Waals surface area contributed by atoms with Crippen molar-refractivity contribution in [3.8, 4) is 0 Å². The Hall–Kier alpha value is -1.48. The van der Waals surface area contributed by atoms with E-state index in [1.165, 1.54) is 41.0 Å². The van der Waals surface area contributed by atoms with Crippen LogP contribution in [0.1, 0.15) is 22.4 Å². The van der Waals surface area contributed by atoms with E-state index < -0.39 is 0 Å². The largest absolute Gasteiger partial charge is 0.398 e. The molecule has 0 radical (unpaired) electrons. The summed E-state index contributed by atoms with van der Waals surface area (Å²) >= 11 is 1.71. The van der Waals surface area contributed by atoms with Crippen LogP contribution >= 0.6 is 11.3 Å². The van der Waals surface area contributed by atoms with Crippen LogP contribution in [-0.4, -0.2) is 0 Å². The highest BCUT2D eigenvalue weighted by molar-refractivity contribution is 7.10. The molecule has 3 rings (SSSR count). The molecule has 1 aromatic heterocycles. The third-order valence-electron chi connectivity index (χ3n) is 3.33. The summed E-state index contributed by atoms with van der Waals surface area (Å²) in [6.07, 6.45) is 3.77. The minimum atomic E-state index is 0.822. The molecule has 0 saturated heterocycles. The summed E-state index contributed by atoms with van der Waals surface area (Å²) in [6, 6.07) is 8.67. The Labute approximate surface area is 105 Å². The Morgan fingerprint density at radius 1 is 1.18 bits per heavy atom. The normalized spacial score (nSPS) is 13.6. The van der Waals surface area contributed by atoms with E-state index in [4.69, 9.17) is 5.73 Å². The van der Waals surface area contributed by atoms with E-state index in [9.17, 15) is 0 Å². The second-order valence-electron chi connectivity index (χ2n) is 4.49. The molecule has 3 heteroatoms. The highest BCUT2D eigenvalue weighted by atomic mass is 32.1. The smallest absolute Gasteiger partial charge is 0.0514 e. The molecule has 0 fully saturated rings. The maximum Gasteiger partial charge on any atom is 0.0514 e. The number of hydrogen-bond acceptors (Lipinski definition) is 3. The first-order valence-electron chi connectivity index (χ1n) is 6.00. The topological polar surface area (TPSA) is 38.0 Å². The highest BCUT2D eigenvalue weighted by Gasteiger charge is 2.10. The first-order chi connectivity index (χ1) is 8.33. The van der Waals surface area contributed by atoms with Crippen LogP contribution in [0.25, 0.3) is 0 Å². The molecule has 1 aliphatic rings. The number of fused-ring (bicyclic) bond motifs is 1. The van der Waals surface area contributed by atoms with Crippen molar-refractivity contribution in [1.29, 1.82) is 0 Å². The van der Waals surface area contributed by atoms with Crippen LogP contribution in [0.15, 0.2) is 29.6 Å². The first-order valence-corrected chi connectivity index (χ1v) is 6.88. The Bertz CT molecular complexity index is 531. The molecule has 0 atom stereocenters. The minimum Gasteiger partial charge on any atom is -0.398 e. The van der Waals surface area contributed by atoms with E-state index in [-0.39, 0.29) is 0 Å². The molecule has 2 aromatic rings. The maximum atomic E-state index is 5.87. The summed E-state index contributed by atoms with van der Waals surface area (Å²) in [5.74, 6) is 0. The van der Waals surface area contributed by atoms with Crippen LogP contribution in [0.2, 0.25) is 0 Å². The monoisotopic (exact) mass is 244 g/mol. The first kappa shape index (κ1) is 10.7. The zero-order valence-electron chi connectivity index (χ0n) is 9.70. The molecule has 1 heterocycles. The third-order valence-corrected chi connectivity index (χ3v) is 4.27. The lowest BCUT2D eigenvalue weighted by Crippen LogP contribution is -2.00. The van der Waals surface area contributed by atoms with Gasteiger partial charge in [0.15, 0.2) is 0 Å². The lowest BCUT2D eigenvalue weighted by atomic mass is 10.1. The predicted molar refractivity (Wildman–Crippen MR) is 74.5 cm³/mol. The van der Waals surface area contributed by atoms with Gasteiger partial charge in [-0.15, -0.1) is 11.3 Å². The SMILES string of the molecule is Nc1ccsc1CNc1ccc2c(c1)CCC2. The van der Waals surface area contributed by atoms with Gasteiger partial charge in [-0.3, -0.25) is 0 Å². The van der Waals surface area contributed by atoms with Crippen LogP contribution in [0.4, 0.5) is 11.4 Å². The van der Waals surface area contributed by atoms with Crippen molar-refractivity contribution >= 4 is 22.7 Å². The summed E-state index contributed by atoms with van der Waals surface area (Å²) < 4.78 is 0. The summed E-state index contributed by atoms with van der Waals surface area (Å²) in [5.41, 5.74) is 11.0. The molecular weight excluding hydrogens is 228 g/mol. The molecule has 0 unspecified atom stereocenters. The quantitative estimate of drug-likeness (QED) is 0.868. The number of benzene rings is 1. The fourth-order valence-electron chi connectivity index (χ4n) is 2.36. The summed E-state index contributed by atoms with van der Waals surface area (Å²) in [6.45, 7) is 0.822. The molecular formula is C14H16N2S. The molecule has 2 nitrogen and oxygen atoms in total. The standard InChI is InChI=1S/C14H16N2S/c15-13-6-7-17-14(13)9-16-12-5-4-10-2-1-3-11(10)8-12/h4-8,16H,1-3,9,15H2. The number of nitrogens with one attached hydrogen (secondary N) is 1. The maximum absolute atomic E-state index is 5.87. The number of hydrogen-bond donors (Lipinski definition) is 2. The number of thiophene rings is 1. The lowest BCUT2D eigenvalue weighted by molar-refractivity contribution is 0.912. The summed E-state index contributed by atoms with van der Waals surface area (Å²) in [7, 11) is 0. The fourth-order valence-corrected chi connectivity index (χ4v) is 3.10. The van der Waals surface area contributed by atoms with Crippen molar-refractivity contribution in [3.63, 3.8) is 0 Å². The van der Waals surface area contributed by atoms with E-state index in [0.717, 1.165) is 12.2 Å². The Kier molecular flexibility index (Phi) is 2.77. The van der Waals surface area contributed by atoms with Gasteiger partial charge in [0, 0.05) is 16.3 Å². The Balaban J connectivity index is 1.72. The zero-order valence-corrected chi connectivity index (χ0v) is 10.5. The van der Waals surface area contributed by atoms with Gasteiger partial charge in [0.2, 0.25) is 0 Å². The molecule has 0 bridgehead atoms. The van der Waals surface area contributed by atoms with E-state index in [0.29, 0.717) is 0 Å². The van der Waals surface area contributed by atoms with Gasteiger partial charge in [-0.1, -0.05) is 6.07 Å². The van der Waals surface area contributed by atoms with Crippen LogP contribution < -0.4 is 11.1 Å². The van der Waals surface area contributed by atoms with Crippen LogP contribution in [0.3, 0.4) is 0 Å². The number of nitrogens with two attached hydrogens (primary N) is 1. The molecule has 0 spiro atoms. The van der Waals surface area contributed by atoms with Crippen molar-refractivity contribution in [1.82, 2.24) is 0 Å². The van der Waals surface area contributed by atoms with Crippen molar-refractivity contribution in [2.45, 2.75) is 25.8 Å². The third kappa shape index (κ3) is 2.15. The van der Waals surface area contributed by atoms with Crippen LogP contribution in [0, 0.1) is 0 Å². The minimum absolute atomic E-state index is 0.822. The van der Waals surface area contributed by atoms with Crippen molar-refractivity contribution in [2.24, 2.45) is 0 Å². The average molecular weight is 244 g/mol. The number of nitrogen functional groups attached to an aromatic ring is 1. The molecule has 1 aromatic carbocycles. The predicted octanol–water partition coefficient (Wildman–Crippen LogP) is 3.43. The van der Waals surface area contributed by atoms with E-state index in [1.54, 1.807) is 11.3 Å². The van der Waals surface area contributed by atoms with Gasteiger partial charge in [-0.25, -0.2) is 0 Å². The van der Waals surface area contributed by atoms with Gasteiger partial charge < -0.3 is 11.1 Å². The van der Waals surface area contributed by atoms with Gasteiger partial charge in [0.25, 0.3) is 0 Å². The second-order valence-corrected chi connectivity index (χ2v) is 5.49. The molecule has 1 aliphatic carbocycles. The van der Waals surface area contributed by atoms with E-state index >= 15 is 0 Å².